The number of Topliss-reactive ketones (excluding diaryl/α,β-unsaturated/α-hetero) is 1. The first-order valence-electron chi connectivity index (χ1n) is 12.5. The Labute approximate surface area is 228 Å². The lowest BCUT2D eigenvalue weighted by Crippen LogP contribution is -2.44. The van der Waals surface area contributed by atoms with E-state index in [9.17, 15) is 4.79 Å². The average molecular weight is 521 g/mol. The summed E-state index contributed by atoms with van der Waals surface area (Å²) in [4.78, 5) is 14.0. The van der Waals surface area contributed by atoms with Crippen molar-refractivity contribution in [1.82, 2.24) is 10.6 Å². The molecule has 6 heteroatoms. The summed E-state index contributed by atoms with van der Waals surface area (Å²) in [6.07, 6.45) is 0. The zero-order valence-corrected chi connectivity index (χ0v) is 21.8. The molecule has 4 aromatic rings. The van der Waals surface area contributed by atoms with Gasteiger partial charge in [0.15, 0.2) is 22.4 Å². The van der Waals surface area contributed by atoms with Gasteiger partial charge in [-0.3, -0.25) is 4.79 Å². The predicted molar refractivity (Wildman–Crippen MR) is 154 cm³/mol. The highest BCUT2D eigenvalue weighted by Crippen LogP contribution is 2.37. The van der Waals surface area contributed by atoms with Crippen molar-refractivity contribution in [1.29, 1.82) is 0 Å². The molecule has 1 heterocycles. The maximum Gasteiger partial charge on any atom is 0.193 e. The summed E-state index contributed by atoms with van der Waals surface area (Å²) in [7, 11) is 0. The molecule has 0 radical (unpaired) electrons. The van der Waals surface area contributed by atoms with E-state index in [1.165, 1.54) is 0 Å². The molecule has 1 atom stereocenters. The van der Waals surface area contributed by atoms with E-state index in [1.54, 1.807) is 0 Å². The molecule has 2 N–H and O–H groups in total. The van der Waals surface area contributed by atoms with Crippen molar-refractivity contribution >= 4 is 28.8 Å². The summed E-state index contributed by atoms with van der Waals surface area (Å²) in [6.45, 7) is 2.83. The molecule has 5 nitrogen and oxygen atoms in total. The molecule has 38 heavy (non-hydrogen) atoms. The predicted octanol–water partition coefficient (Wildman–Crippen LogP) is 6.48. The Balaban J connectivity index is 1.57. The molecule has 0 amide bonds. The molecule has 0 fully saturated rings. The van der Waals surface area contributed by atoms with Crippen molar-refractivity contribution < 1.29 is 14.3 Å². The van der Waals surface area contributed by atoms with Gasteiger partial charge in [0.05, 0.1) is 23.9 Å². The van der Waals surface area contributed by atoms with Gasteiger partial charge in [0.25, 0.3) is 0 Å². The number of rotatable bonds is 9. The minimum atomic E-state index is -0.492. The molecule has 0 aromatic heterocycles. The lowest BCUT2D eigenvalue weighted by atomic mass is 9.87. The molecule has 190 valence electrons. The number of hydrogen-bond acceptors (Lipinski definition) is 4. The highest BCUT2D eigenvalue weighted by Gasteiger charge is 2.33. The van der Waals surface area contributed by atoms with Crippen LogP contribution in [-0.4, -0.2) is 17.5 Å². The number of nitrogens with one attached hydrogen (secondary N) is 2. The maximum absolute atomic E-state index is 14.0. The van der Waals surface area contributed by atoms with E-state index >= 15 is 0 Å². The van der Waals surface area contributed by atoms with Gasteiger partial charge in [-0.25, -0.2) is 0 Å². The average Bonchev–Trinajstić information content (AvgIpc) is 2.97. The fraction of sp³-hybridized carbons (Fsp3) is 0.125. The second kappa shape index (κ2) is 11.8. The number of carbonyl (C=O) groups excluding carboxylic acids is 1. The van der Waals surface area contributed by atoms with Crippen LogP contribution in [0.1, 0.15) is 40.0 Å². The van der Waals surface area contributed by atoms with Crippen LogP contribution in [0.3, 0.4) is 0 Å². The molecule has 0 bridgehead atoms. The fourth-order valence-electron chi connectivity index (χ4n) is 4.46. The van der Waals surface area contributed by atoms with E-state index < -0.39 is 6.04 Å². The number of ketones is 1. The van der Waals surface area contributed by atoms with E-state index in [0.29, 0.717) is 46.7 Å². The quantitative estimate of drug-likeness (QED) is 0.195. The summed E-state index contributed by atoms with van der Waals surface area (Å²) in [5.41, 5.74) is 4.67. The summed E-state index contributed by atoms with van der Waals surface area (Å²) < 4.78 is 12.1. The second-order valence-corrected chi connectivity index (χ2v) is 9.20. The van der Waals surface area contributed by atoms with Gasteiger partial charge in [-0.1, -0.05) is 97.1 Å². The summed E-state index contributed by atoms with van der Waals surface area (Å²) in [5.74, 6) is 1.17. The normalized spacial score (nSPS) is 14.9. The second-order valence-electron chi connectivity index (χ2n) is 8.79. The Morgan fingerprint density at radius 3 is 2.16 bits per heavy atom. The van der Waals surface area contributed by atoms with Crippen LogP contribution >= 0.6 is 12.2 Å². The van der Waals surface area contributed by atoms with E-state index in [4.69, 9.17) is 21.7 Å². The Hall–Kier alpha value is -4.42. The smallest absolute Gasteiger partial charge is 0.193 e. The van der Waals surface area contributed by atoms with Crippen molar-refractivity contribution in [2.24, 2.45) is 0 Å². The van der Waals surface area contributed by atoms with E-state index in [2.05, 4.69) is 10.6 Å². The van der Waals surface area contributed by atoms with Gasteiger partial charge in [0.2, 0.25) is 0 Å². The van der Waals surface area contributed by atoms with E-state index in [-0.39, 0.29) is 5.78 Å². The van der Waals surface area contributed by atoms with Gasteiger partial charge in [-0.05, 0) is 48.0 Å². The number of carbonyl (C=O) groups is 1. The van der Waals surface area contributed by atoms with Crippen molar-refractivity contribution in [2.45, 2.75) is 19.6 Å². The molecule has 1 aliphatic rings. The topological polar surface area (TPSA) is 59.6 Å². The minimum Gasteiger partial charge on any atom is -0.490 e. The zero-order valence-electron chi connectivity index (χ0n) is 21.0. The zero-order chi connectivity index (χ0) is 26.3. The Morgan fingerprint density at radius 1 is 0.816 bits per heavy atom. The Kier molecular flexibility index (Phi) is 7.81. The molecule has 0 spiro atoms. The third-order valence-corrected chi connectivity index (χ3v) is 6.47. The highest BCUT2D eigenvalue weighted by atomic mass is 32.1. The van der Waals surface area contributed by atoms with E-state index in [0.717, 1.165) is 16.7 Å². The first-order chi connectivity index (χ1) is 18.6. The summed E-state index contributed by atoms with van der Waals surface area (Å²) in [5, 5.41) is 7.02. The summed E-state index contributed by atoms with van der Waals surface area (Å²) >= 11 is 5.60. The first kappa shape index (κ1) is 25.2. The lowest BCUT2D eigenvalue weighted by molar-refractivity contribution is 0.102. The highest BCUT2D eigenvalue weighted by molar-refractivity contribution is 7.80. The van der Waals surface area contributed by atoms with Gasteiger partial charge in [0, 0.05) is 5.56 Å². The van der Waals surface area contributed by atoms with Crippen LogP contribution in [0.15, 0.2) is 115 Å². The molecule has 1 aliphatic heterocycles. The maximum atomic E-state index is 14.0. The number of hydrogen-bond donors (Lipinski definition) is 2. The lowest BCUT2D eigenvalue weighted by Gasteiger charge is -2.32. The van der Waals surface area contributed by atoms with Crippen molar-refractivity contribution in [3.8, 4) is 11.5 Å². The van der Waals surface area contributed by atoms with Crippen molar-refractivity contribution in [3.05, 3.63) is 137 Å². The molecule has 4 aromatic carbocycles. The fourth-order valence-corrected chi connectivity index (χ4v) is 4.68. The standard InChI is InChI=1S/C32H28N2O3S/c1-2-36-27-20-25(18-19-26(27)37-21-22-12-6-3-7-13-22)30-28(31(35)24-16-10-5-11-17-24)29(33-32(38)34-30)23-14-8-4-9-15-23/h3-20,30H,2,21H2,1H3,(H2,33,34,38)/t30-/m0/s1. The Bertz CT molecular complexity index is 1450. The number of ether oxygens (including phenoxy) is 2. The van der Waals surface area contributed by atoms with Gasteiger partial charge in [-0.2, -0.15) is 0 Å². The van der Waals surface area contributed by atoms with Gasteiger partial charge in [-0.15, -0.1) is 0 Å². The van der Waals surface area contributed by atoms with E-state index in [1.807, 2.05) is 116 Å². The third kappa shape index (κ3) is 5.61. The minimum absolute atomic E-state index is 0.0840. The molecule has 0 saturated heterocycles. The Morgan fingerprint density at radius 2 is 1.47 bits per heavy atom. The number of benzene rings is 4. The van der Waals surface area contributed by atoms with Crippen LogP contribution < -0.4 is 20.1 Å². The van der Waals surface area contributed by atoms with Crippen LogP contribution in [0.25, 0.3) is 5.70 Å². The summed E-state index contributed by atoms with van der Waals surface area (Å²) in [6, 6.07) is 34.3. The SMILES string of the molecule is CCOc1cc([C@@H]2NC(=S)NC(c3ccccc3)=C2C(=O)c2ccccc2)ccc1OCc1ccccc1. The van der Waals surface area contributed by atoms with Crippen LogP contribution in [0.4, 0.5) is 0 Å². The van der Waals surface area contributed by atoms with Crippen molar-refractivity contribution in [3.63, 3.8) is 0 Å². The van der Waals surface area contributed by atoms with Crippen LogP contribution in [0, 0.1) is 0 Å². The number of thiocarbonyl (C=S) groups is 1. The monoisotopic (exact) mass is 520 g/mol. The van der Waals surface area contributed by atoms with Crippen LogP contribution in [0.2, 0.25) is 0 Å². The van der Waals surface area contributed by atoms with Gasteiger partial charge < -0.3 is 20.1 Å². The molecule has 0 saturated carbocycles. The molecule has 0 aliphatic carbocycles. The molecular formula is C32H28N2O3S. The van der Waals surface area contributed by atoms with Crippen molar-refractivity contribution in [2.75, 3.05) is 6.61 Å². The molecule has 5 rings (SSSR count). The molecular weight excluding hydrogens is 492 g/mol. The largest absolute Gasteiger partial charge is 0.490 e. The van der Waals surface area contributed by atoms with Gasteiger partial charge >= 0.3 is 0 Å². The first-order valence-corrected chi connectivity index (χ1v) is 12.9. The van der Waals surface area contributed by atoms with Gasteiger partial charge in [0.1, 0.15) is 6.61 Å². The van der Waals surface area contributed by atoms with Crippen LogP contribution in [-0.2, 0) is 6.61 Å². The van der Waals surface area contributed by atoms with Crippen LogP contribution in [0.5, 0.6) is 11.5 Å². The molecule has 0 unspecified atom stereocenters. The third-order valence-electron chi connectivity index (χ3n) is 6.25.